The molecule has 2 rings (SSSR count). The minimum Gasteiger partial charge on any atom is -0.394 e. The molecule has 10 heavy (non-hydrogen) atoms. The van der Waals surface area contributed by atoms with E-state index in [2.05, 4.69) is 9.47 Å². The maximum atomic E-state index is 8.08. The van der Waals surface area contributed by atoms with Crippen molar-refractivity contribution >= 4 is 0 Å². The van der Waals surface area contributed by atoms with Gasteiger partial charge >= 0.3 is 0 Å². The van der Waals surface area contributed by atoms with E-state index in [4.69, 9.17) is 10.2 Å². The molecule has 2 aliphatic rings. The topological polar surface area (TPSA) is 65.5 Å². The van der Waals surface area contributed by atoms with Crippen molar-refractivity contribution in [1.29, 1.82) is 0 Å². The standard InChI is InChI=1S/2C3H6O2/c2*4-1-3-2-5-3/h2*3-4H,1-2H2/t2*3-/m11/s1. The third kappa shape index (κ3) is 3.79. The summed E-state index contributed by atoms with van der Waals surface area (Å²) in [5.74, 6) is 0. The highest BCUT2D eigenvalue weighted by Crippen LogP contribution is 2.05. The van der Waals surface area contributed by atoms with Crippen LogP contribution in [0.5, 0.6) is 0 Å². The zero-order chi connectivity index (χ0) is 7.40. The van der Waals surface area contributed by atoms with Gasteiger partial charge in [-0.15, -0.1) is 0 Å². The zero-order valence-electron chi connectivity index (χ0n) is 5.69. The normalized spacial score (nSPS) is 34.2. The molecule has 2 heterocycles. The Bertz CT molecular complexity index is 75.7. The van der Waals surface area contributed by atoms with Crippen molar-refractivity contribution in [1.82, 2.24) is 0 Å². The second kappa shape index (κ2) is 3.88. The van der Waals surface area contributed by atoms with Crippen LogP contribution in [-0.4, -0.2) is 48.8 Å². The summed E-state index contributed by atoms with van der Waals surface area (Å²) >= 11 is 0. The third-order valence-electron chi connectivity index (χ3n) is 1.21. The Labute approximate surface area is 59.4 Å². The van der Waals surface area contributed by atoms with Gasteiger partial charge in [-0.1, -0.05) is 0 Å². The van der Waals surface area contributed by atoms with Gasteiger partial charge in [0.05, 0.1) is 26.4 Å². The minimum atomic E-state index is 0.190. The molecule has 0 aliphatic carbocycles. The van der Waals surface area contributed by atoms with Crippen molar-refractivity contribution < 1.29 is 19.7 Å². The quantitative estimate of drug-likeness (QED) is 0.480. The number of aliphatic hydroxyl groups is 2. The lowest BCUT2D eigenvalue weighted by molar-refractivity contribution is 0.244. The van der Waals surface area contributed by atoms with Crippen molar-refractivity contribution in [2.24, 2.45) is 0 Å². The van der Waals surface area contributed by atoms with E-state index in [0.717, 1.165) is 13.2 Å². The van der Waals surface area contributed by atoms with E-state index in [0.29, 0.717) is 0 Å². The molecule has 2 saturated heterocycles. The first-order valence-electron chi connectivity index (χ1n) is 3.31. The fourth-order valence-corrected chi connectivity index (χ4v) is 0.347. The van der Waals surface area contributed by atoms with Gasteiger partial charge in [0.2, 0.25) is 0 Å². The molecule has 0 aromatic carbocycles. The Morgan fingerprint density at radius 2 is 1.30 bits per heavy atom. The van der Waals surface area contributed by atoms with Gasteiger partial charge in [-0.25, -0.2) is 0 Å². The smallest absolute Gasteiger partial charge is 0.104 e. The predicted octanol–water partition coefficient (Wildman–Crippen LogP) is -1.24. The van der Waals surface area contributed by atoms with E-state index < -0.39 is 0 Å². The Balaban J connectivity index is 0.0000001000. The second-order valence-corrected chi connectivity index (χ2v) is 2.28. The minimum absolute atomic E-state index is 0.190. The first-order valence-corrected chi connectivity index (χ1v) is 3.31. The van der Waals surface area contributed by atoms with Gasteiger partial charge < -0.3 is 19.7 Å². The number of hydrogen-bond acceptors (Lipinski definition) is 4. The molecule has 0 spiro atoms. The van der Waals surface area contributed by atoms with Crippen LogP contribution in [0.2, 0.25) is 0 Å². The van der Waals surface area contributed by atoms with E-state index in [1.165, 1.54) is 0 Å². The van der Waals surface area contributed by atoms with E-state index in [1.54, 1.807) is 0 Å². The summed E-state index contributed by atoms with van der Waals surface area (Å²) in [6.45, 7) is 1.91. The Hall–Kier alpha value is -0.160. The van der Waals surface area contributed by atoms with E-state index >= 15 is 0 Å². The van der Waals surface area contributed by atoms with Crippen LogP contribution in [0, 0.1) is 0 Å². The Kier molecular flexibility index (Phi) is 3.08. The number of hydrogen-bond donors (Lipinski definition) is 2. The molecule has 0 amide bonds. The summed E-state index contributed by atoms with van der Waals surface area (Å²) in [5, 5.41) is 16.2. The van der Waals surface area contributed by atoms with Gasteiger partial charge in [-0.2, -0.15) is 0 Å². The van der Waals surface area contributed by atoms with Crippen LogP contribution >= 0.6 is 0 Å². The van der Waals surface area contributed by atoms with Crippen LogP contribution in [0.1, 0.15) is 0 Å². The highest BCUT2D eigenvalue weighted by Gasteiger charge is 2.20. The molecule has 0 radical (unpaired) electrons. The lowest BCUT2D eigenvalue weighted by Gasteiger charge is -1.70. The van der Waals surface area contributed by atoms with Crippen LogP contribution in [0.15, 0.2) is 0 Å². The average Bonchev–Trinajstić information content (AvgIpc) is 2.86. The van der Waals surface area contributed by atoms with Crippen LogP contribution < -0.4 is 0 Å². The zero-order valence-corrected chi connectivity index (χ0v) is 5.69. The number of ether oxygens (including phenoxy) is 2. The second-order valence-electron chi connectivity index (χ2n) is 2.28. The summed E-state index contributed by atoms with van der Waals surface area (Å²) in [6, 6.07) is 0. The van der Waals surface area contributed by atoms with Gasteiger partial charge in [0.1, 0.15) is 12.2 Å². The molecule has 4 heteroatoms. The molecule has 2 aliphatic heterocycles. The Morgan fingerprint density at radius 3 is 1.30 bits per heavy atom. The summed E-state index contributed by atoms with van der Waals surface area (Å²) in [4.78, 5) is 0. The molecule has 0 aromatic heterocycles. The van der Waals surface area contributed by atoms with Crippen molar-refractivity contribution in [3.63, 3.8) is 0 Å². The summed E-state index contributed by atoms with van der Waals surface area (Å²) in [7, 11) is 0. The van der Waals surface area contributed by atoms with Gasteiger partial charge in [0.15, 0.2) is 0 Å². The fraction of sp³-hybridized carbons (Fsp3) is 1.00. The van der Waals surface area contributed by atoms with Crippen LogP contribution in [-0.2, 0) is 9.47 Å². The molecule has 0 unspecified atom stereocenters. The number of rotatable bonds is 2. The molecular formula is C6H12O4. The first kappa shape index (κ1) is 7.94. The molecule has 0 saturated carbocycles. The van der Waals surface area contributed by atoms with Crippen LogP contribution in [0.4, 0.5) is 0 Å². The highest BCUT2D eigenvalue weighted by molar-refractivity contribution is 4.65. The van der Waals surface area contributed by atoms with E-state index in [1.807, 2.05) is 0 Å². The Morgan fingerprint density at radius 1 is 1.00 bits per heavy atom. The average molecular weight is 148 g/mol. The summed E-state index contributed by atoms with van der Waals surface area (Å²) in [6.07, 6.45) is 0.380. The molecule has 2 atom stereocenters. The highest BCUT2D eigenvalue weighted by atomic mass is 16.6. The molecule has 2 fully saturated rings. The summed E-state index contributed by atoms with van der Waals surface area (Å²) in [5.41, 5.74) is 0. The molecule has 4 nitrogen and oxygen atoms in total. The summed E-state index contributed by atoms with van der Waals surface area (Å²) < 4.78 is 9.22. The van der Waals surface area contributed by atoms with E-state index in [9.17, 15) is 0 Å². The van der Waals surface area contributed by atoms with Crippen molar-refractivity contribution in [3.05, 3.63) is 0 Å². The lowest BCUT2D eigenvalue weighted by Crippen LogP contribution is -1.88. The molecule has 2 N–H and O–H groups in total. The number of aliphatic hydroxyl groups excluding tert-OH is 2. The predicted molar refractivity (Wildman–Crippen MR) is 33.7 cm³/mol. The van der Waals surface area contributed by atoms with Crippen molar-refractivity contribution in [3.8, 4) is 0 Å². The van der Waals surface area contributed by atoms with Crippen LogP contribution in [0.25, 0.3) is 0 Å². The fourth-order valence-electron chi connectivity index (χ4n) is 0.347. The monoisotopic (exact) mass is 148 g/mol. The first-order chi connectivity index (χ1) is 4.86. The van der Waals surface area contributed by atoms with Gasteiger partial charge in [0, 0.05) is 0 Å². The molecule has 0 bridgehead atoms. The molecular weight excluding hydrogens is 136 g/mol. The van der Waals surface area contributed by atoms with Crippen molar-refractivity contribution in [2.45, 2.75) is 12.2 Å². The lowest BCUT2D eigenvalue weighted by atomic mass is 10.5. The van der Waals surface area contributed by atoms with Gasteiger partial charge in [0.25, 0.3) is 0 Å². The van der Waals surface area contributed by atoms with Crippen LogP contribution in [0.3, 0.4) is 0 Å². The SMILES string of the molecule is OC[C@@H]1CO1.OC[C@@H]1CO1. The maximum Gasteiger partial charge on any atom is 0.104 e. The molecule has 60 valence electrons. The molecule has 0 aromatic rings. The maximum absolute atomic E-state index is 8.08. The largest absolute Gasteiger partial charge is 0.394 e. The van der Waals surface area contributed by atoms with Crippen molar-refractivity contribution in [2.75, 3.05) is 26.4 Å². The van der Waals surface area contributed by atoms with E-state index in [-0.39, 0.29) is 25.4 Å². The number of epoxide rings is 2. The van der Waals surface area contributed by atoms with Gasteiger partial charge in [-0.3, -0.25) is 0 Å². The van der Waals surface area contributed by atoms with Gasteiger partial charge in [-0.05, 0) is 0 Å². The third-order valence-corrected chi connectivity index (χ3v) is 1.21.